The van der Waals surface area contributed by atoms with E-state index in [1.807, 2.05) is 24.3 Å². The van der Waals surface area contributed by atoms with E-state index in [1.165, 1.54) is 18.4 Å². The topological polar surface area (TPSA) is 45.0 Å². The van der Waals surface area contributed by atoms with Gasteiger partial charge in [-0.15, -0.1) is 0 Å². The Morgan fingerprint density at radius 3 is 2.71 bits per heavy atom. The fourth-order valence-corrected chi connectivity index (χ4v) is 1.65. The normalized spacial score (nSPS) is 16.2. The maximum Gasteiger partial charge on any atom is 0.119 e. The van der Waals surface area contributed by atoms with Gasteiger partial charge in [-0.05, 0) is 31.9 Å². The zero-order valence-electron chi connectivity index (χ0n) is 10.1. The molecule has 1 fully saturated rings. The van der Waals surface area contributed by atoms with E-state index in [0.717, 1.165) is 12.2 Å². The molecule has 0 radical (unpaired) electrons. The van der Waals surface area contributed by atoms with Gasteiger partial charge in [0.15, 0.2) is 0 Å². The molecule has 1 aliphatic carbocycles. The average Bonchev–Trinajstić information content (AvgIpc) is 3.14. The molecular formula is C14H18N2O. The summed E-state index contributed by atoms with van der Waals surface area (Å²) < 4.78 is 5.60. The highest BCUT2D eigenvalue weighted by Crippen LogP contribution is 2.20. The Bertz CT molecular complexity index is 390. The fourth-order valence-electron chi connectivity index (χ4n) is 1.65. The van der Waals surface area contributed by atoms with Gasteiger partial charge in [0.05, 0.1) is 18.7 Å². The molecule has 0 spiro atoms. The third-order valence-corrected chi connectivity index (χ3v) is 2.87. The number of rotatable bonds is 6. The van der Waals surface area contributed by atoms with E-state index >= 15 is 0 Å². The molecule has 1 atom stereocenters. The maximum absolute atomic E-state index is 8.97. The molecule has 0 heterocycles. The Morgan fingerprint density at radius 1 is 1.41 bits per heavy atom. The van der Waals surface area contributed by atoms with Gasteiger partial charge in [-0.1, -0.05) is 17.7 Å². The molecule has 0 amide bonds. The minimum atomic E-state index is -0.0760. The molecule has 0 aliphatic heterocycles. The van der Waals surface area contributed by atoms with Gasteiger partial charge in [0.1, 0.15) is 5.75 Å². The van der Waals surface area contributed by atoms with Crippen molar-refractivity contribution in [3.05, 3.63) is 29.8 Å². The molecule has 0 saturated heterocycles. The van der Waals surface area contributed by atoms with Crippen LogP contribution in [0, 0.1) is 18.3 Å². The van der Waals surface area contributed by atoms with E-state index in [1.54, 1.807) is 0 Å². The van der Waals surface area contributed by atoms with E-state index in [4.69, 9.17) is 10.00 Å². The van der Waals surface area contributed by atoms with Crippen LogP contribution in [-0.2, 0) is 0 Å². The van der Waals surface area contributed by atoms with E-state index in [-0.39, 0.29) is 6.04 Å². The molecule has 0 aromatic heterocycles. The van der Waals surface area contributed by atoms with Crippen LogP contribution < -0.4 is 10.1 Å². The van der Waals surface area contributed by atoms with Crippen molar-refractivity contribution < 1.29 is 4.74 Å². The second-order valence-corrected chi connectivity index (χ2v) is 4.57. The highest BCUT2D eigenvalue weighted by atomic mass is 16.5. The van der Waals surface area contributed by atoms with E-state index in [9.17, 15) is 0 Å². The first kappa shape index (κ1) is 11.9. The number of nitrogens with zero attached hydrogens (tertiary/aromatic N) is 1. The van der Waals surface area contributed by atoms with Crippen LogP contribution in [0.15, 0.2) is 24.3 Å². The van der Waals surface area contributed by atoms with Crippen LogP contribution in [0.1, 0.15) is 24.8 Å². The zero-order valence-corrected chi connectivity index (χ0v) is 10.1. The summed E-state index contributed by atoms with van der Waals surface area (Å²) in [5.74, 6) is 0.874. The van der Waals surface area contributed by atoms with Gasteiger partial charge in [0, 0.05) is 12.5 Å². The lowest BCUT2D eigenvalue weighted by atomic mass is 10.2. The lowest BCUT2D eigenvalue weighted by Gasteiger charge is -2.11. The molecule has 3 heteroatoms. The molecule has 1 aliphatic rings. The number of nitriles is 1. The van der Waals surface area contributed by atoms with Gasteiger partial charge < -0.3 is 4.74 Å². The second-order valence-electron chi connectivity index (χ2n) is 4.57. The molecule has 2 rings (SSSR count). The van der Waals surface area contributed by atoms with E-state index in [0.29, 0.717) is 12.6 Å². The average molecular weight is 230 g/mol. The first-order valence-corrected chi connectivity index (χ1v) is 6.13. The molecule has 1 unspecified atom stereocenters. The molecule has 1 saturated carbocycles. The molecule has 1 N–H and O–H groups in total. The minimum absolute atomic E-state index is 0.0760. The molecule has 90 valence electrons. The number of hydrogen-bond donors (Lipinski definition) is 1. The highest BCUT2D eigenvalue weighted by Gasteiger charge is 2.24. The second kappa shape index (κ2) is 5.70. The highest BCUT2D eigenvalue weighted by molar-refractivity contribution is 5.26. The van der Waals surface area contributed by atoms with Crippen LogP contribution in [0.2, 0.25) is 0 Å². The summed E-state index contributed by atoms with van der Waals surface area (Å²) in [6.07, 6.45) is 3.15. The van der Waals surface area contributed by atoms with Crippen molar-refractivity contribution in [3.8, 4) is 11.8 Å². The van der Waals surface area contributed by atoms with Gasteiger partial charge in [0.2, 0.25) is 0 Å². The molecule has 17 heavy (non-hydrogen) atoms. The van der Waals surface area contributed by atoms with Crippen molar-refractivity contribution >= 4 is 0 Å². The van der Waals surface area contributed by atoms with Gasteiger partial charge in [0.25, 0.3) is 0 Å². The van der Waals surface area contributed by atoms with Crippen molar-refractivity contribution in [2.75, 3.05) is 6.61 Å². The van der Waals surface area contributed by atoms with Gasteiger partial charge >= 0.3 is 0 Å². The van der Waals surface area contributed by atoms with Crippen molar-refractivity contribution in [2.45, 2.75) is 38.3 Å². The Labute approximate surface area is 102 Å². The zero-order chi connectivity index (χ0) is 12.1. The van der Waals surface area contributed by atoms with E-state index < -0.39 is 0 Å². The van der Waals surface area contributed by atoms with Gasteiger partial charge in [-0.3, -0.25) is 5.32 Å². The van der Waals surface area contributed by atoms with Crippen molar-refractivity contribution in [1.29, 1.82) is 5.26 Å². The maximum atomic E-state index is 8.97. The summed E-state index contributed by atoms with van der Waals surface area (Å²) in [6, 6.07) is 10.8. The summed E-state index contributed by atoms with van der Waals surface area (Å²) in [4.78, 5) is 0. The molecular weight excluding hydrogens is 212 g/mol. The fraction of sp³-hybridized carbons (Fsp3) is 0.500. The Balaban J connectivity index is 1.70. The predicted octanol–water partition coefficient (Wildman–Crippen LogP) is 2.41. The third kappa shape index (κ3) is 4.08. The van der Waals surface area contributed by atoms with Crippen LogP contribution >= 0.6 is 0 Å². The van der Waals surface area contributed by atoms with Crippen molar-refractivity contribution in [2.24, 2.45) is 0 Å². The summed E-state index contributed by atoms with van der Waals surface area (Å²) in [5.41, 5.74) is 1.22. The number of ether oxygens (including phenoxy) is 1. The van der Waals surface area contributed by atoms with Crippen LogP contribution in [0.4, 0.5) is 0 Å². The summed E-state index contributed by atoms with van der Waals surface area (Å²) in [7, 11) is 0. The van der Waals surface area contributed by atoms with Crippen LogP contribution in [0.5, 0.6) is 5.75 Å². The molecule has 3 nitrogen and oxygen atoms in total. The molecule has 0 bridgehead atoms. The summed E-state index contributed by atoms with van der Waals surface area (Å²) >= 11 is 0. The summed E-state index contributed by atoms with van der Waals surface area (Å²) in [5, 5.41) is 12.3. The van der Waals surface area contributed by atoms with Gasteiger partial charge in [-0.25, -0.2) is 0 Å². The standard InChI is InChI=1S/C14H18N2O/c1-11-2-6-14(7-3-11)17-9-8-13(10-15)16-12-4-5-12/h2-3,6-7,12-13,16H,4-5,8-9H2,1H3. The third-order valence-electron chi connectivity index (χ3n) is 2.87. The Morgan fingerprint density at radius 2 is 2.12 bits per heavy atom. The van der Waals surface area contributed by atoms with Gasteiger partial charge in [-0.2, -0.15) is 5.26 Å². The van der Waals surface area contributed by atoms with Crippen molar-refractivity contribution in [1.82, 2.24) is 5.32 Å². The molecule has 1 aromatic carbocycles. The van der Waals surface area contributed by atoms with Crippen LogP contribution in [0.3, 0.4) is 0 Å². The number of hydrogen-bond acceptors (Lipinski definition) is 3. The molecule has 1 aromatic rings. The largest absolute Gasteiger partial charge is 0.493 e. The Kier molecular flexibility index (Phi) is 4.00. The lowest BCUT2D eigenvalue weighted by molar-refractivity contribution is 0.297. The first-order valence-electron chi connectivity index (χ1n) is 6.13. The number of nitrogens with one attached hydrogen (secondary N) is 1. The smallest absolute Gasteiger partial charge is 0.119 e. The minimum Gasteiger partial charge on any atom is -0.493 e. The van der Waals surface area contributed by atoms with Crippen LogP contribution in [0.25, 0.3) is 0 Å². The first-order chi connectivity index (χ1) is 8.28. The van der Waals surface area contributed by atoms with Crippen molar-refractivity contribution in [3.63, 3.8) is 0 Å². The quantitative estimate of drug-likeness (QED) is 0.816. The summed E-state index contributed by atoms with van der Waals surface area (Å²) in [6.45, 7) is 2.63. The Hall–Kier alpha value is -1.53. The van der Waals surface area contributed by atoms with Crippen LogP contribution in [-0.4, -0.2) is 18.7 Å². The monoisotopic (exact) mass is 230 g/mol. The number of benzene rings is 1. The van der Waals surface area contributed by atoms with E-state index in [2.05, 4.69) is 18.3 Å². The number of aryl methyl sites for hydroxylation is 1. The SMILES string of the molecule is Cc1ccc(OCCC(C#N)NC2CC2)cc1. The lowest BCUT2D eigenvalue weighted by Crippen LogP contribution is -2.31. The predicted molar refractivity (Wildman–Crippen MR) is 66.8 cm³/mol.